The molecule has 0 amide bonds. The lowest BCUT2D eigenvalue weighted by atomic mass is 10.0. The maximum atomic E-state index is 6.53. The first kappa shape index (κ1) is 24.2. The lowest BCUT2D eigenvalue weighted by Crippen LogP contribution is -2.50. The predicted molar refractivity (Wildman–Crippen MR) is 139 cm³/mol. The Labute approximate surface area is 217 Å². The number of rotatable bonds is 10. The summed E-state index contributed by atoms with van der Waals surface area (Å²) in [4.78, 5) is 0. The Morgan fingerprint density at radius 1 is 0.647 bits per heavy atom. The molecule has 1 heterocycles. The fourth-order valence-corrected chi connectivity index (χ4v) is 6.03. The molecule has 34 heavy (non-hydrogen) atoms. The molecular formula is C28H28Br2O4. The van der Waals surface area contributed by atoms with Crippen LogP contribution >= 0.6 is 31.9 Å². The van der Waals surface area contributed by atoms with Gasteiger partial charge in [-0.3, -0.25) is 0 Å². The molecule has 0 bridgehead atoms. The largest absolute Gasteiger partial charge is 0.374 e. The van der Waals surface area contributed by atoms with E-state index in [4.69, 9.17) is 18.9 Å². The van der Waals surface area contributed by atoms with E-state index < -0.39 is 0 Å². The molecule has 1 saturated carbocycles. The molecule has 0 aromatic heterocycles. The van der Waals surface area contributed by atoms with Crippen LogP contribution in [0.1, 0.15) is 16.7 Å². The quantitative estimate of drug-likeness (QED) is 0.262. The van der Waals surface area contributed by atoms with Crippen molar-refractivity contribution in [3.8, 4) is 0 Å². The SMILES string of the molecule is BrC1(Br)[C@@H]2[C@@H](OCc3ccccc3)[C@@H](OCc3ccccc3)[C@@H](COCc3ccccc3)O[C@@H]21. The number of ether oxygens (including phenoxy) is 4. The van der Waals surface area contributed by atoms with Gasteiger partial charge in [-0.2, -0.15) is 0 Å². The van der Waals surface area contributed by atoms with Gasteiger partial charge in [0.05, 0.1) is 38.6 Å². The number of benzene rings is 3. The summed E-state index contributed by atoms with van der Waals surface area (Å²) in [6.07, 6.45) is -0.661. The van der Waals surface area contributed by atoms with Crippen molar-refractivity contribution in [3.63, 3.8) is 0 Å². The van der Waals surface area contributed by atoms with Gasteiger partial charge in [0.2, 0.25) is 0 Å². The molecule has 4 nitrogen and oxygen atoms in total. The molecule has 1 aliphatic carbocycles. The van der Waals surface area contributed by atoms with Crippen molar-refractivity contribution in [2.24, 2.45) is 5.92 Å². The van der Waals surface area contributed by atoms with Crippen molar-refractivity contribution in [3.05, 3.63) is 108 Å². The maximum Gasteiger partial charge on any atom is 0.115 e. The minimum Gasteiger partial charge on any atom is -0.374 e. The van der Waals surface area contributed by atoms with Crippen LogP contribution in [0.25, 0.3) is 0 Å². The molecule has 3 aromatic carbocycles. The molecule has 2 aliphatic rings. The van der Waals surface area contributed by atoms with E-state index in [2.05, 4.69) is 68.3 Å². The summed E-state index contributed by atoms with van der Waals surface area (Å²) in [6, 6.07) is 30.6. The summed E-state index contributed by atoms with van der Waals surface area (Å²) in [5.74, 6) is 0.141. The average Bonchev–Trinajstić information content (AvgIpc) is 3.43. The van der Waals surface area contributed by atoms with Crippen molar-refractivity contribution < 1.29 is 18.9 Å². The van der Waals surface area contributed by atoms with E-state index in [1.807, 2.05) is 54.6 Å². The Balaban J connectivity index is 1.32. The van der Waals surface area contributed by atoms with Crippen LogP contribution in [0.5, 0.6) is 0 Å². The van der Waals surface area contributed by atoms with Crippen LogP contribution < -0.4 is 0 Å². The second-order valence-corrected chi connectivity index (χ2v) is 12.5. The van der Waals surface area contributed by atoms with Gasteiger partial charge in [0.15, 0.2) is 0 Å². The van der Waals surface area contributed by atoms with Crippen molar-refractivity contribution in [1.29, 1.82) is 0 Å². The van der Waals surface area contributed by atoms with Gasteiger partial charge in [0, 0.05) is 5.92 Å². The van der Waals surface area contributed by atoms with Gasteiger partial charge in [-0.05, 0) is 16.7 Å². The number of halogens is 2. The normalized spacial score (nSPS) is 27.2. The number of hydrogen-bond acceptors (Lipinski definition) is 4. The fraction of sp³-hybridized carbons (Fsp3) is 0.357. The summed E-state index contributed by atoms with van der Waals surface area (Å²) >= 11 is 7.63. The van der Waals surface area contributed by atoms with Crippen LogP contribution in [0, 0.1) is 5.92 Å². The van der Waals surface area contributed by atoms with Crippen molar-refractivity contribution in [2.75, 3.05) is 6.61 Å². The fourth-order valence-electron chi connectivity index (χ4n) is 4.50. The van der Waals surface area contributed by atoms with Gasteiger partial charge in [-0.1, -0.05) is 123 Å². The van der Waals surface area contributed by atoms with Gasteiger partial charge in [-0.15, -0.1) is 0 Å². The van der Waals surface area contributed by atoms with Crippen molar-refractivity contribution in [1.82, 2.24) is 0 Å². The Morgan fingerprint density at radius 3 is 1.65 bits per heavy atom. The second-order valence-electron chi connectivity index (χ2n) is 8.82. The van der Waals surface area contributed by atoms with Gasteiger partial charge >= 0.3 is 0 Å². The van der Waals surface area contributed by atoms with Crippen LogP contribution in [-0.2, 0) is 38.8 Å². The van der Waals surface area contributed by atoms with Crippen molar-refractivity contribution in [2.45, 2.75) is 47.5 Å². The Morgan fingerprint density at radius 2 is 1.12 bits per heavy atom. The highest BCUT2D eigenvalue weighted by Crippen LogP contribution is 2.63. The predicted octanol–water partition coefficient (Wildman–Crippen LogP) is 6.26. The molecule has 5 rings (SSSR count). The molecule has 0 unspecified atom stereocenters. The average molecular weight is 588 g/mol. The topological polar surface area (TPSA) is 36.9 Å². The zero-order chi connectivity index (χ0) is 23.4. The molecule has 1 aliphatic heterocycles. The monoisotopic (exact) mass is 586 g/mol. The first-order valence-corrected chi connectivity index (χ1v) is 13.2. The van der Waals surface area contributed by atoms with Gasteiger partial charge in [0.1, 0.15) is 15.4 Å². The van der Waals surface area contributed by atoms with Crippen LogP contribution in [0.15, 0.2) is 91.0 Å². The summed E-state index contributed by atoms with van der Waals surface area (Å²) in [5, 5.41) is 0. The zero-order valence-corrected chi connectivity index (χ0v) is 21.9. The van der Waals surface area contributed by atoms with Crippen LogP contribution in [0.4, 0.5) is 0 Å². The molecule has 5 atom stereocenters. The van der Waals surface area contributed by atoms with E-state index in [-0.39, 0.29) is 33.6 Å². The van der Waals surface area contributed by atoms with Gasteiger partial charge < -0.3 is 18.9 Å². The molecule has 2 fully saturated rings. The summed E-state index contributed by atoms with van der Waals surface area (Å²) in [6.45, 7) is 1.97. The first-order valence-electron chi connectivity index (χ1n) is 11.6. The third-order valence-electron chi connectivity index (χ3n) is 6.37. The number of fused-ring (bicyclic) bond motifs is 1. The highest BCUT2D eigenvalue weighted by atomic mass is 79.9. The lowest BCUT2D eigenvalue weighted by molar-refractivity contribution is -0.201. The molecule has 0 radical (unpaired) electrons. The van der Waals surface area contributed by atoms with Gasteiger partial charge in [0.25, 0.3) is 0 Å². The Hall–Kier alpha value is -1.54. The smallest absolute Gasteiger partial charge is 0.115 e. The Bertz CT molecular complexity index is 1030. The minimum atomic E-state index is -0.316. The van der Waals surface area contributed by atoms with E-state index in [9.17, 15) is 0 Å². The summed E-state index contributed by atoms with van der Waals surface area (Å²) in [5.41, 5.74) is 3.39. The van der Waals surface area contributed by atoms with E-state index in [0.717, 1.165) is 16.7 Å². The molecular weight excluding hydrogens is 560 g/mol. The molecule has 0 N–H and O–H groups in total. The van der Waals surface area contributed by atoms with Crippen LogP contribution in [0.3, 0.4) is 0 Å². The molecule has 178 valence electrons. The van der Waals surface area contributed by atoms with E-state index in [0.29, 0.717) is 26.4 Å². The van der Waals surface area contributed by atoms with E-state index in [1.165, 1.54) is 0 Å². The molecule has 1 saturated heterocycles. The van der Waals surface area contributed by atoms with Crippen molar-refractivity contribution >= 4 is 31.9 Å². The zero-order valence-electron chi connectivity index (χ0n) is 18.8. The van der Waals surface area contributed by atoms with Crippen LogP contribution in [0.2, 0.25) is 0 Å². The standard InChI is InChI=1S/C28H28Br2O4/c29-28(30)24-26(33-18-22-14-8-3-9-15-22)25(32-17-21-12-6-2-7-13-21)23(34-27(24)28)19-31-16-20-10-4-1-5-11-20/h1-15,23-27H,16-19H2/t23-,24-,25+,26-,27+/m1/s1. The van der Waals surface area contributed by atoms with E-state index >= 15 is 0 Å². The number of hydrogen-bond donors (Lipinski definition) is 0. The van der Waals surface area contributed by atoms with Crippen LogP contribution in [-0.4, -0.2) is 34.3 Å². The third kappa shape index (κ3) is 5.64. The Kier molecular flexibility index (Phi) is 7.83. The summed E-state index contributed by atoms with van der Waals surface area (Å²) < 4.78 is 25.3. The maximum absolute atomic E-state index is 6.53. The first-order chi connectivity index (χ1) is 16.6. The van der Waals surface area contributed by atoms with Gasteiger partial charge in [-0.25, -0.2) is 0 Å². The third-order valence-corrected chi connectivity index (χ3v) is 8.33. The number of alkyl halides is 2. The minimum absolute atomic E-state index is 0.00447. The lowest BCUT2D eigenvalue weighted by Gasteiger charge is -2.37. The summed E-state index contributed by atoms with van der Waals surface area (Å²) in [7, 11) is 0. The van der Waals surface area contributed by atoms with E-state index in [1.54, 1.807) is 0 Å². The molecule has 3 aromatic rings. The molecule has 0 spiro atoms. The highest BCUT2D eigenvalue weighted by Gasteiger charge is 2.72. The second kappa shape index (κ2) is 11.0. The highest BCUT2D eigenvalue weighted by molar-refractivity contribution is 9.25. The molecule has 6 heteroatoms.